The maximum Gasteiger partial charge on any atom is 0.0136 e. The van der Waals surface area contributed by atoms with Gasteiger partial charge in [-0.2, -0.15) is 25.3 Å². The standard InChI is InChI=1S/C10H20S2/c1-10(2,3)7-4-5-8(11)9(12)6-7/h7-9,11-12H,4-6H2,1-3H3. The number of thiol groups is 2. The molecule has 0 saturated heterocycles. The monoisotopic (exact) mass is 204 g/mol. The molecule has 1 rings (SSSR count). The van der Waals surface area contributed by atoms with Crippen LogP contribution in [0.15, 0.2) is 0 Å². The molecule has 3 atom stereocenters. The Balaban J connectivity index is 2.51. The van der Waals surface area contributed by atoms with Crippen LogP contribution in [0.3, 0.4) is 0 Å². The van der Waals surface area contributed by atoms with E-state index in [9.17, 15) is 0 Å². The van der Waals surface area contributed by atoms with E-state index >= 15 is 0 Å². The first-order valence-corrected chi connectivity index (χ1v) is 5.80. The summed E-state index contributed by atoms with van der Waals surface area (Å²) in [4.78, 5) is 0. The fourth-order valence-corrected chi connectivity index (χ4v) is 2.59. The van der Waals surface area contributed by atoms with E-state index in [0.29, 0.717) is 15.9 Å². The Morgan fingerprint density at radius 1 is 1.00 bits per heavy atom. The van der Waals surface area contributed by atoms with Gasteiger partial charge < -0.3 is 0 Å². The lowest BCUT2D eigenvalue weighted by Crippen LogP contribution is -2.32. The van der Waals surface area contributed by atoms with E-state index < -0.39 is 0 Å². The summed E-state index contributed by atoms with van der Waals surface area (Å²) in [5.41, 5.74) is 0.453. The van der Waals surface area contributed by atoms with Crippen LogP contribution >= 0.6 is 25.3 Å². The summed E-state index contributed by atoms with van der Waals surface area (Å²) in [5, 5.41) is 1.03. The van der Waals surface area contributed by atoms with Crippen LogP contribution in [0.4, 0.5) is 0 Å². The summed E-state index contributed by atoms with van der Waals surface area (Å²) in [5.74, 6) is 0.836. The van der Waals surface area contributed by atoms with Crippen LogP contribution in [0.2, 0.25) is 0 Å². The van der Waals surface area contributed by atoms with Crippen molar-refractivity contribution in [3.63, 3.8) is 0 Å². The summed E-state index contributed by atoms with van der Waals surface area (Å²) in [6, 6.07) is 0. The molecule has 3 unspecified atom stereocenters. The molecule has 0 aromatic rings. The van der Waals surface area contributed by atoms with Gasteiger partial charge in [0.2, 0.25) is 0 Å². The van der Waals surface area contributed by atoms with Gasteiger partial charge >= 0.3 is 0 Å². The second-order valence-electron chi connectivity index (χ2n) is 5.01. The lowest BCUT2D eigenvalue weighted by Gasteiger charge is -2.38. The zero-order valence-corrected chi connectivity index (χ0v) is 10.0. The van der Waals surface area contributed by atoms with Crippen LogP contribution in [0.25, 0.3) is 0 Å². The lowest BCUT2D eigenvalue weighted by molar-refractivity contribution is 0.186. The van der Waals surface area contributed by atoms with E-state index in [4.69, 9.17) is 0 Å². The van der Waals surface area contributed by atoms with E-state index in [0.717, 1.165) is 5.92 Å². The average molecular weight is 204 g/mol. The van der Waals surface area contributed by atoms with Crippen molar-refractivity contribution in [3.8, 4) is 0 Å². The van der Waals surface area contributed by atoms with Crippen molar-refractivity contribution >= 4 is 25.3 Å². The minimum absolute atomic E-state index is 0.453. The molecule has 0 N–H and O–H groups in total. The molecule has 0 aromatic carbocycles. The Labute approximate surface area is 87.3 Å². The molecule has 1 fully saturated rings. The van der Waals surface area contributed by atoms with E-state index in [1.54, 1.807) is 0 Å². The lowest BCUT2D eigenvalue weighted by atomic mass is 9.72. The second-order valence-corrected chi connectivity index (χ2v) is 6.34. The largest absolute Gasteiger partial charge is 0.175 e. The predicted octanol–water partition coefficient (Wildman–Crippen LogP) is 3.43. The number of hydrogen-bond acceptors (Lipinski definition) is 2. The number of hydrogen-bond donors (Lipinski definition) is 2. The van der Waals surface area contributed by atoms with Crippen LogP contribution in [0.5, 0.6) is 0 Å². The molecular formula is C10H20S2. The third-order valence-electron chi connectivity index (χ3n) is 3.01. The third-order valence-corrected chi connectivity index (χ3v) is 4.43. The Morgan fingerprint density at radius 2 is 1.58 bits per heavy atom. The van der Waals surface area contributed by atoms with Crippen LogP contribution in [0.1, 0.15) is 40.0 Å². The zero-order valence-electron chi connectivity index (χ0n) is 8.25. The Hall–Kier alpha value is 0.700. The molecule has 0 aromatic heterocycles. The normalized spacial score (nSPS) is 38.2. The maximum atomic E-state index is 4.57. The molecule has 1 aliphatic carbocycles. The van der Waals surface area contributed by atoms with E-state index in [-0.39, 0.29) is 0 Å². The highest BCUT2D eigenvalue weighted by atomic mass is 32.1. The highest BCUT2D eigenvalue weighted by Crippen LogP contribution is 2.40. The van der Waals surface area contributed by atoms with Gasteiger partial charge in [0.25, 0.3) is 0 Å². The van der Waals surface area contributed by atoms with Crippen molar-refractivity contribution in [2.45, 2.75) is 50.5 Å². The minimum atomic E-state index is 0.453. The molecular weight excluding hydrogens is 184 g/mol. The van der Waals surface area contributed by atoms with E-state index in [2.05, 4.69) is 46.0 Å². The molecule has 0 heterocycles. The van der Waals surface area contributed by atoms with Crippen molar-refractivity contribution in [2.24, 2.45) is 11.3 Å². The highest BCUT2D eigenvalue weighted by Gasteiger charge is 2.32. The van der Waals surface area contributed by atoms with E-state index in [1.165, 1.54) is 19.3 Å². The highest BCUT2D eigenvalue weighted by molar-refractivity contribution is 7.85. The average Bonchev–Trinajstić information content (AvgIpc) is 1.92. The Bertz CT molecular complexity index is 148. The van der Waals surface area contributed by atoms with Crippen LogP contribution < -0.4 is 0 Å². The first-order chi connectivity index (χ1) is 5.41. The Morgan fingerprint density at radius 3 is 2.00 bits per heavy atom. The van der Waals surface area contributed by atoms with Gasteiger partial charge in [0.05, 0.1) is 0 Å². The molecule has 0 radical (unpaired) electrons. The molecule has 1 aliphatic rings. The molecule has 2 heteroatoms. The summed E-state index contributed by atoms with van der Waals surface area (Å²) >= 11 is 9.09. The molecule has 0 nitrogen and oxygen atoms in total. The van der Waals surface area contributed by atoms with Gasteiger partial charge in [-0.15, -0.1) is 0 Å². The summed E-state index contributed by atoms with van der Waals surface area (Å²) in [6.45, 7) is 6.99. The molecule has 0 spiro atoms. The summed E-state index contributed by atoms with van der Waals surface area (Å²) in [7, 11) is 0. The fraction of sp³-hybridized carbons (Fsp3) is 1.00. The molecule has 0 bridgehead atoms. The smallest absolute Gasteiger partial charge is 0.0136 e. The maximum absolute atomic E-state index is 4.57. The fourth-order valence-electron chi connectivity index (χ4n) is 1.92. The van der Waals surface area contributed by atoms with Crippen molar-refractivity contribution in [1.29, 1.82) is 0 Å². The molecule has 1 saturated carbocycles. The SMILES string of the molecule is CC(C)(C)C1CCC(S)C(S)C1. The van der Waals surface area contributed by atoms with Crippen molar-refractivity contribution < 1.29 is 0 Å². The minimum Gasteiger partial charge on any atom is -0.175 e. The molecule has 12 heavy (non-hydrogen) atoms. The van der Waals surface area contributed by atoms with Gasteiger partial charge in [0.1, 0.15) is 0 Å². The Kier molecular flexibility index (Phi) is 3.44. The van der Waals surface area contributed by atoms with Gasteiger partial charge in [-0.1, -0.05) is 20.8 Å². The molecule has 72 valence electrons. The first kappa shape index (κ1) is 10.8. The quantitative estimate of drug-likeness (QED) is 0.555. The third kappa shape index (κ3) is 2.59. The van der Waals surface area contributed by atoms with Gasteiger partial charge in [-0.3, -0.25) is 0 Å². The van der Waals surface area contributed by atoms with Crippen molar-refractivity contribution in [3.05, 3.63) is 0 Å². The van der Waals surface area contributed by atoms with Gasteiger partial charge in [0, 0.05) is 10.5 Å². The summed E-state index contributed by atoms with van der Waals surface area (Å²) < 4.78 is 0. The number of rotatable bonds is 0. The first-order valence-electron chi connectivity index (χ1n) is 4.77. The van der Waals surface area contributed by atoms with Gasteiger partial charge in [-0.25, -0.2) is 0 Å². The zero-order chi connectivity index (χ0) is 9.35. The molecule has 0 aliphatic heterocycles. The second kappa shape index (κ2) is 3.83. The van der Waals surface area contributed by atoms with Gasteiger partial charge in [0.15, 0.2) is 0 Å². The van der Waals surface area contributed by atoms with Crippen LogP contribution in [0, 0.1) is 11.3 Å². The van der Waals surface area contributed by atoms with Crippen molar-refractivity contribution in [1.82, 2.24) is 0 Å². The van der Waals surface area contributed by atoms with E-state index in [1.807, 2.05) is 0 Å². The molecule has 0 amide bonds. The van der Waals surface area contributed by atoms with Crippen LogP contribution in [-0.2, 0) is 0 Å². The van der Waals surface area contributed by atoms with Crippen molar-refractivity contribution in [2.75, 3.05) is 0 Å². The summed E-state index contributed by atoms with van der Waals surface area (Å²) in [6.07, 6.45) is 3.80. The predicted molar refractivity (Wildman–Crippen MR) is 62.3 cm³/mol. The van der Waals surface area contributed by atoms with Crippen LogP contribution in [-0.4, -0.2) is 10.5 Å². The van der Waals surface area contributed by atoms with Gasteiger partial charge in [-0.05, 0) is 30.6 Å². The topological polar surface area (TPSA) is 0 Å².